The van der Waals surface area contributed by atoms with E-state index in [4.69, 9.17) is 11.6 Å². The summed E-state index contributed by atoms with van der Waals surface area (Å²) >= 11 is 6.18. The number of amides is 1. The van der Waals surface area contributed by atoms with Gasteiger partial charge in [0.15, 0.2) is 5.78 Å². The van der Waals surface area contributed by atoms with Gasteiger partial charge in [0, 0.05) is 41.1 Å². The third-order valence-electron chi connectivity index (χ3n) is 6.69. The highest BCUT2D eigenvalue weighted by atomic mass is 35.5. The van der Waals surface area contributed by atoms with E-state index < -0.39 is 10.8 Å². The smallest absolute Gasteiger partial charge is 0.293 e. The molecule has 1 atom stereocenters. The van der Waals surface area contributed by atoms with E-state index in [1.54, 1.807) is 0 Å². The highest BCUT2D eigenvalue weighted by Crippen LogP contribution is 2.49. The summed E-state index contributed by atoms with van der Waals surface area (Å²) < 4.78 is 0. The average Bonchev–Trinajstić information content (AvgIpc) is 2.77. The van der Waals surface area contributed by atoms with Crippen LogP contribution in [0.25, 0.3) is 10.8 Å². The van der Waals surface area contributed by atoms with Crippen molar-refractivity contribution in [3.63, 3.8) is 0 Å². The van der Waals surface area contributed by atoms with Crippen LogP contribution in [0.15, 0.2) is 71.9 Å². The minimum absolute atomic E-state index is 0.0217. The topological polar surface area (TPSA) is 80.5 Å². The lowest BCUT2D eigenvalue weighted by Gasteiger charge is -2.42. The first kappa shape index (κ1) is 22.3. The first-order chi connectivity index (χ1) is 16.1. The third kappa shape index (κ3) is 3.78. The summed E-state index contributed by atoms with van der Waals surface area (Å²) in [6.07, 6.45) is 0.857. The number of allylic oxidation sites excluding steroid dienone is 2. The molecule has 3 aromatic carbocycles. The van der Waals surface area contributed by atoms with Gasteiger partial charge in [0.2, 0.25) is 5.91 Å². The summed E-state index contributed by atoms with van der Waals surface area (Å²) in [5, 5.41) is 14.2. The normalized spacial score (nSPS) is 20.0. The molecule has 0 fully saturated rings. The van der Waals surface area contributed by atoms with Crippen molar-refractivity contribution in [3.05, 3.63) is 92.6 Å². The van der Waals surface area contributed by atoms with Crippen molar-refractivity contribution in [2.75, 3.05) is 4.90 Å². The second-order valence-corrected chi connectivity index (χ2v) is 10.2. The van der Waals surface area contributed by atoms with Crippen molar-refractivity contribution in [1.29, 1.82) is 0 Å². The van der Waals surface area contributed by atoms with Crippen molar-refractivity contribution in [3.8, 4) is 0 Å². The van der Waals surface area contributed by atoms with Crippen LogP contribution in [0.1, 0.15) is 44.6 Å². The lowest BCUT2D eigenvalue weighted by atomic mass is 9.69. The molecule has 0 radical (unpaired) electrons. The van der Waals surface area contributed by atoms with Gasteiger partial charge >= 0.3 is 0 Å². The van der Waals surface area contributed by atoms with Gasteiger partial charge in [-0.25, -0.2) is 0 Å². The maximum absolute atomic E-state index is 13.6. The molecule has 5 rings (SSSR count). The van der Waals surface area contributed by atoms with Crippen LogP contribution < -0.4 is 4.90 Å². The quantitative estimate of drug-likeness (QED) is 0.318. The Morgan fingerprint density at radius 1 is 1.00 bits per heavy atom. The second kappa shape index (κ2) is 8.06. The lowest BCUT2D eigenvalue weighted by Crippen LogP contribution is -2.44. The lowest BCUT2D eigenvalue weighted by molar-refractivity contribution is -0.384. The number of hydrogen-bond donors (Lipinski definition) is 0. The molecule has 1 heterocycles. The number of halogens is 1. The SMILES string of the molecule is CC1(C)CC(=O)C2=C(C1)N(c1cc(Cl)ccc1[N+](=O)[O-])C(=O)CC2c1ccc2ccccc2c1. The molecule has 0 saturated carbocycles. The van der Waals surface area contributed by atoms with Crippen LogP contribution >= 0.6 is 11.6 Å². The van der Waals surface area contributed by atoms with Gasteiger partial charge < -0.3 is 0 Å². The van der Waals surface area contributed by atoms with Gasteiger partial charge in [0.05, 0.1) is 4.92 Å². The summed E-state index contributed by atoms with van der Waals surface area (Å²) in [4.78, 5) is 39.8. The molecule has 34 heavy (non-hydrogen) atoms. The number of ketones is 1. The van der Waals surface area contributed by atoms with Gasteiger partial charge in [-0.3, -0.25) is 24.6 Å². The number of nitro benzene ring substituents is 1. The van der Waals surface area contributed by atoms with E-state index >= 15 is 0 Å². The molecule has 2 aliphatic rings. The molecule has 3 aromatic rings. The number of rotatable bonds is 3. The average molecular weight is 475 g/mol. The molecule has 1 aliphatic carbocycles. The van der Waals surface area contributed by atoms with Crippen LogP contribution in [0.2, 0.25) is 5.02 Å². The number of benzene rings is 3. The fourth-order valence-corrected chi connectivity index (χ4v) is 5.40. The van der Waals surface area contributed by atoms with E-state index in [-0.39, 0.29) is 39.9 Å². The van der Waals surface area contributed by atoms with Crippen LogP contribution in [0.5, 0.6) is 0 Å². The van der Waals surface area contributed by atoms with E-state index in [0.717, 1.165) is 16.3 Å². The summed E-state index contributed by atoms with van der Waals surface area (Å²) in [5.74, 6) is -0.704. The van der Waals surface area contributed by atoms with Crippen molar-refractivity contribution < 1.29 is 14.5 Å². The Balaban J connectivity index is 1.73. The summed E-state index contributed by atoms with van der Waals surface area (Å²) in [6, 6.07) is 18.1. The van der Waals surface area contributed by atoms with E-state index in [2.05, 4.69) is 0 Å². The molecule has 1 amide bonds. The van der Waals surface area contributed by atoms with Gasteiger partial charge in [-0.05, 0) is 40.3 Å². The number of anilines is 1. The van der Waals surface area contributed by atoms with E-state index in [1.165, 1.54) is 23.1 Å². The van der Waals surface area contributed by atoms with Crippen molar-refractivity contribution >= 4 is 45.4 Å². The molecule has 1 aliphatic heterocycles. The molecule has 0 N–H and O–H groups in total. The maximum atomic E-state index is 13.6. The van der Waals surface area contributed by atoms with Crippen LogP contribution in [-0.2, 0) is 9.59 Å². The van der Waals surface area contributed by atoms with Crippen LogP contribution in [0.4, 0.5) is 11.4 Å². The van der Waals surface area contributed by atoms with Gasteiger partial charge in [-0.15, -0.1) is 0 Å². The number of hydrogen-bond acceptors (Lipinski definition) is 4. The fourth-order valence-electron chi connectivity index (χ4n) is 5.23. The zero-order valence-electron chi connectivity index (χ0n) is 18.9. The minimum Gasteiger partial charge on any atom is -0.294 e. The maximum Gasteiger partial charge on any atom is 0.293 e. The van der Waals surface area contributed by atoms with Crippen LogP contribution in [0.3, 0.4) is 0 Å². The minimum atomic E-state index is -0.523. The van der Waals surface area contributed by atoms with Gasteiger partial charge in [-0.1, -0.05) is 67.9 Å². The third-order valence-corrected chi connectivity index (χ3v) is 6.93. The summed E-state index contributed by atoms with van der Waals surface area (Å²) in [6.45, 7) is 3.95. The molecule has 7 heteroatoms. The molecule has 0 saturated heterocycles. The zero-order valence-corrected chi connectivity index (χ0v) is 19.6. The molecule has 1 unspecified atom stereocenters. The first-order valence-electron chi connectivity index (χ1n) is 11.2. The van der Waals surface area contributed by atoms with Crippen molar-refractivity contribution in [2.24, 2.45) is 5.41 Å². The highest BCUT2D eigenvalue weighted by molar-refractivity contribution is 6.31. The molecular formula is C27H23ClN2O4. The summed E-state index contributed by atoms with van der Waals surface area (Å²) in [5.41, 5.74) is 1.52. The largest absolute Gasteiger partial charge is 0.294 e. The number of nitrogens with zero attached hydrogens (tertiary/aromatic N) is 2. The second-order valence-electron chi connectivity index (χ2n) is 9.78. The summed E-state index contributed by atoms with van der Waals surface area (Å²) in [7, 11) is 0. The van der Waals surface area contributed by atoms with Gasteiger partial charge in [0.25, 0.3) is 5.69 Å². The highest BCUT2D eigenvalue weighted by Gasteiger charge is 2.45. The van der Waals surface area contributed by atoms with Crippen LogP contribution in [-0.4, -0.2) is 16.6 Å². The molecular weight excluding hydrogens is 452 g/mol. The molecule has 6 nitrogen and oxygen atoms in total. The Labute approximate surface area is 202 Å². The Morgan fingerprint density at radius 3 is 2.47 bits per heavy atom. The molecule has 172 valence electrons. The number of carbonyl (C=O) groups is 2. The van der Waals surface area contributed by atoms with Crippen molar-refractivity contribution in [1.82, 2.24) is 0 Å². The molecule has 0 aromatic heterocycles. The standard InChI is InChI=1S/C27H23ClN2O4/c1-27(2)14-23-26(24(31)15-27)20(18-8-7-16-5-3-4-6-17(16)11-18)13-25(32)29(23)22-12-19(28)9-10-21(22)30(33)34/h3-12,20H,13-15H2,1-2H3. The Bertz CT molecular complexity index is 1410. The predicted molar refractivity (Wildman–Crippen MR) is 132 cm³/mol. The Kier molecular flexibility index (Phi) is 5.29. The number of fused-ring (bicyclic) bond motifs is 1. The fraction of sp³-hybridized carbons (Fsp3) is 0.259. The Hall–Kier alpha value is -3.51. The predicted octanol–water partition coefficient (Wildman–Crippen LogP) is 6.57. The van der Waals surface area contributed by atoms with Gasteiger partial charge in [-0.2, -0.15) is 0 Å². The number of nitro groups is 1. The monoisotopic (exact) mass is 474 g/mol. The molecule has 0 bridgehead atoms. The van der Waals surface area contributed by atoms with Crippen molar-refractivity contribution in [2.45, 2.75) is 39.0 Å². The molecule has 0 spiro atoms. The first-order valence-corrected chi connectivity index (χ1v) is 11.5. The zero-order chi connectivity index (χ0) is 24.2. The van der Waals surface area contributed by atoms with E-state index in [9.17, 15) is 19.7 Å². The number of Topliss-reactive ketones (excluding diaryl/α,β-unsaturated/α-hetero) is 1. The Morgan fingerprint density at radius 2 is 1.74 bits per heavy atom. The van der Waals surface area contributed by atoms with Gasteiger partial charge in [0.1, 0.15) is 5.69 Å². The number of carbonyl (C=O) groups excluding carboxylic acids is 2. The van der Waals surface area contributed by atoms with E-state index in [0.29, 0.717) is 24.1 Å². The van der Waals surface area contributed by atoms with Crippen LogP contribution in [0, 0.1) is 15.5 Å². The van der Waals surface area contributed by atoms with E-state index in [1.807, 2.05) is 56.3 Å².